The van der Waals surface area contributed by atoms with Gasteiger partial charge in [0.25, 0.3) is 0 Å². The van der Waals surface area contributed by atoms with E-state index in [9.17, 15) is 9.65 Å². The average molecular weight is 691 g/mol. The summed E-state index contributed by atoms with van der Waals surface area (Å²) in [4.78, 5) is 14.4. The number of rotatable bonds is 4. The number of aryl methyl sites for hydroxylation is 1. The number of hydrogen-bond donors (Lipinski definition) is 1. The summed E-state index contributed by atoms with van der Waals surface area (Å²) in [5.74, 6) is 0.833. The zero-order valence-electron chi connectivity index (χ0n) is 24.3. The van der Waals surface area contributed by atoms with Gasteiger partial charge in [0.05, 0.1) is 30.0 Å². The molecule has 1 unspecified atom stereocenters. The molecule has 1 spiro atoms. The first-order valence-electron chi connectivity index (χ1n) is 14.7. The number of fused-ring (bicyclic) bond motifs is 4. The van der Waals surface area contributed by atoms with Crippen LogP contribution >= 0.6 is 0 Å². The molecule has 1 aromatic carbocycles. The van der Waals surface area contributed by atoms with Gasteiger partial charge in [0.15, 0.2) is 0 Å². The molecule has 238 valence electrons. The van der Waals surface area contributed by atoms with E-state index >= 15 is 0 Å². The van der Waals surface area contributed by atoms with Gasteiger partial charge in [-0.25, -0.2) is 4.39 Å². The summed E-state index contributed by atoms with van der Waals surface area (Å²) in [5, 5.41) is 10.1. The number of anilines is 2. The summed E-state index contributed by atoms with van der Waals surface area (Å²) in [5.41, 5.74) is 10.2. The van der Waals surface area contributed by atoms with Gasteiger partial charge in [-0.05, 0) is 56.7 Å². The summed E-state index contributed by atoms with van der Waals surface area (Å²) in [6, 6.07) is 6.56. The van der Waals surface area contributed by atoms with Gasteiger partial charge in [0, 0.05) is 76.3 Å². The van der Waals surface area contributed by atoms with Crippen molar-refractivity contribution in [1.29, 1.82) is 5.26 Å². The number of ether oxygens (including phenoxy) is 3. The van der Waals surface area contributed by atoms with Crippen molar-refractivity contribution >= 4 is 11.5 Å². The molecule has 4 aliphatic heterocycles. The predicted octanol–water partition coefficient (Wildman–Crippen LogP) is 1.76. The molecule has 43 heavy (non-hydrogen) atoms. The van der Waals surface area contributed by atoms with Crippen LogP contribution in [0.5, 0.6) is 6.01 Å². The summed E-state index contributed by atoms with van der Waals surface area (Å²) in [7, 11) is 0. The van der Waals surface area contributed by atoms with Gasteiger partial charge in [-0.15, -0.1) is 0 Å². The minimum atomic E-state index is -0.814. The Morgan fingerprint density at radius 2 is 1.98 bits per heavy atom. The zero-order valence-corrected chi connectivity index (χ0v) is 25.8. The van der Waals surface area contributed by atoms with Gasteiger partial charge in [-0.1, -0.05) is 6.07 Å². The molecule has 6 N–H and O–H groups in total. The molecule has 7 rings (SSSR count). The SMILES string of the molecule is N#Cc1c(N)ccc2c1C1(CCC2)Cc2nc(OC[C@@]34CCCN3C[C@H](F)C4)nc(N3CCCOCC3)c2CO1.O.O.[Pd]. The third kappa shape index (κ3) is 5.87. The Kier molecular flexibility index (Phi) is 10.3. The Hall–Kier alpha value is -2.42. The largest absolute Gasteiger partial charge is 0.461 e. The average Bonchev–Trinajstić information content (AvgIpc) is 3.33. The number of nitrogens with two attached hydrogens (primary N) is 1. The summed E-state index contributed by atoms with van der Waals surface area (Å²) in [6.07, 6.45) is 5.76. The van der Waals surface area contributed by atoms with E-state index in [4.69, 9.17) is 29.9 Å². The van der Waals surface area contributed by atoms with Crippen molar-refractivity contribution in [3.05, 3.63) is 40.1 Å². The molecule has 0 bridgehead atoms. The molecule has 11 nitrogen and oxygen atoms in total. The summed E-state index contributed by atoms with van der Waals surface area (Å²) >= 11 is 0. The van der Waals surface area contributed by atoms with Crippen molar-refractivity contribution in [2.45, 2.75) is 75.3 Å². The standard InChI is InChI=1S/C30H37FN6O3.2H2O.Pd/c31-21-14-29(7-2-10-37(29)17-21)19-39-28-34-25-15-30(8-1-4-20-5-6-24(33)22(16-32)26(20)30)40-18-23(25)27(35-28)36-9-3-12-38-13-11-36;;;/h5-6,21H,1-4,7-15,17-19,33H2;2*1H2;/t21-,29+,30?;;;/m1.../s1. The van der Waals surface area contributed by atoms with E-state index in [1.165, 1.54) is 0 Å². The van der Waals surface area contributed by atoms with E-state index in [1.54, 1.807) is 0 Å². The van der Waals surface area contributed by atoms with Gasteiger partial charge >= 0.3 is 6.01 Å². The third-order valence-electron chi connectivity index (χ3n) is 9.67. The van der Waals surface area contributed by atoms with Crippen molar-refractivity contribution in [2.75, 3.05) is 56.6 Å². The van der Waals surface area contributed by atoms with Crippen LogP contribution in [0.25, 0.3) is 0 Å². The molecule has 13 heteroatoms. The van der Waals surface area contributed by atoms with E-state index in [0.29, 0.717) is 56.5 Å². The summed E-state index contributed by atoms with van der Waals surface area (Å²) in [6.45, 7) is 5.05. The van der Waals surface area contributed by atoms with Crippen LogP contribution in [0.4, 0.5) is 15.9 Å². The maximum atomic E-state index is 14.4. The second-order valence-electron chi connectivity index (χ2n) is 12.1. The van der Waals surface area contributed by atoms with Gasteiger partial charge < -0.3 is 35.8 Å². The minimum absolute atomic E-state index is 0. The number of hydrogen-bond acceptors (Lipinski definition) is 9. The maximum absolute atomic E-state index is 14.4. The van der Waals surface area contributed by atoms with Crippen LogP contribution in [0.1, 0.15) is 66.5 Å². The number of aromatic nitrogens is 2. The molecule has 3 fully saturated rings. The van der Waals surface area contributed by atoms with E-state index < -0.39 is 11.8 Å². The first-order chi connectivity index (χ1) is 19.5. The molecule has 0 radical (unpaired) electrons. The van der Waals surface area contributed by atoms with Crippen molar-refractivity contribution in [3.8, 4) is 12.1 Å². The Labute approximate surface area is 265 Å². The number of nitrogens with zero attached hydrogens (tertiary/aromatic N) is 5. The van der Waals surface area contributed by atoms with Crippen LogP contribution < -0.4 is 15.4 Å². The van der Waals surface area contributed by atoms with Crippen molar-refractivity contribution in [2.24, 2.45) is 0 Å². The Balaban J connectivity index is 0.00000141. The van der Waals surface area contributed by atoms with Gasteiger partial charge in [-0.3, -0.25) is 4.90 Å². The Morgan fingerprint density at radius 1 is 1.12 bits per heavy atom. The van der Waals surface area contributed by atoms with E-state index in [1.807, 2.05) is 12.1 Å². The van der Waals surface area contributed by atoms with Crippen LogP contribution in [-0.2, 0) is 54.9 Å². The quantitative estimate of drug-likeness (QED) is 0.371. The fourth-order valence-corrected chi connectivity index (χ4v) is 7.77. The fraction of sp³-hybridized carbons (Fsp3) is 0.633. The molecular formula is C30H41FN6O5Pd. The molecular weight excluding hydrogens is 650 g/mol. The maximum Gasteiger partial charge on any atom is 0.318 e. The molecule has 3 atom stereocenters. The van der Waals surface area contributed by atoms with Crippen molar-refractivity contribution in [1.82, 2.24) is 14.9 Å². The second-order valence-corrected chi connectivity index (χ2v) is 12.1. The Morgan fingerprint density at radius 3 is 2.81 bits per heavy atom. The van der Waals surface area contributed by atoms with Crippen LogP contribution in [0.3, 0.4) is 0 Å². The van der Waals surface area contributed by atoms with Crippen LogP contribution in [-0.4, -0.2) is 83.5 Å². The number of alkyl halides is 1. The first kappa shape index (κ1) is 33.5. The van der Waals surface area contributed by atoms with Crippen molar-refractivity contribution < 1.29 is 50.0 Å². The van der Waals surface area contributed by atoms with Crippen LogP contribution in [0.15, 0.2) is 12.1 Å². The normalized spacial score (nSPS) is 27.8. The van der Waals surface area contributed by atoms with E-state index in [-0.39, 0.29) is 36.9 Å². The van der Waals surface area contributed by atoms with Crippen LogP contribution in [0, 0.1) is 11.3 Å². The first-order valence-corrected chi connectivity index (χ1v) is 14.7. The smallest absolute Gasteiger partial charge is 0.318 e. The topological polar surface area (TPSA) is 173 Å². The van der Waals surface area contributed by atoms with E-state index in [0.717, 1.165) is 93.0 Å². The zero-order chi connectivity index (χ0) is 27.3. The van der Waals surface area contributed by atoms with Gasteiger partial charge in [0.1, 0.15) is 30.3 Å². The Bertz CT molecular complexity index is 1360. The molecule has 5 heterocycles. The van der Waals surface area contributed by atoms with Gasteiger partial charge in [-0.2, -0.15) is 15.2 Å². The molecule has 2 aromatic rings. The predicted molar refractivity (Wildman–Crippen MR) is 154 cm³/mol. The molecule has 3 saturated heterocycles. The molecule has 5 aliphatic rings. The molecule has 0 amide bonds. The fourth-order valence-electron chi connectivity index (χ4n) is 7.77. The number of nitriles is 1. The minimum Gasteiger partial charge on any atom is -0.461 e. The van der Waals surface area contributed by atoms with Crippen LogP contribution in [0.2, 0.25) is 0 Å². The van der Waals surface area contributed by atoms with Gasteiger partial charge in [0.2, 0.25) is 0 Å². The third-order valence-corrected chi connectivity index (χ3v) is 9.67. The number of nitrogen functional groups attached to an aromatic ring is 1. The van der Waals surface area contributed by atoms with E-state index in [2.05, 4.69) is 15.9 Å². The summed E-state index contributed by atoms with van der Waals surface area (Å²) < 4.78 is 33.2. The van der Waals surface area contributed by atoms with Crippen molar-refractivity contribution in [3.63, 3.8) is 0 Å². The molecule has 1 aromatic heterocycles. The monoisotopic (exact) mass is 690 g/mol. The molecule has 0 saturated carbocycles. The second kappa shape index (κ2) is 13.3. The number of benzene rings is 1. The number of halogens is 1. The molecule has 1 aliphatic carbocycles.